The van der Waals surface area contributed by atoms with Gasteiger partial charge in [-0.25, -0.2) is 13.6 Å². The lowest BCUT2D eigenvalue weighted by Gasteiger charge is -2.04. The highest BCUT2D eigenvalue weighted by atomic mass is 32.3. The van der Waals surface area contributed by atoms with Gasteiger partial charge in [0.05, 0.1) is 0 Å². The maximum Gasteiger partial charge on any atom is 0.488 e. The van der Waals surface area contributed by atoms with E-state index >= 15 is 0 Å². The van der Waals surface area contributed by atoms with E-state index in [1.54, 1.807) is 0 Å². The van der Waals surface area contributed by atoms with Gasteiger partial charge in [0.2, 0.25) is 10.0 Å². The van der Waals surface area contributed by atoms with Crippen LogP contribution < -0.4 is 9.32 Å². The Bertz CT molecular complexity index is 565. The molecule has 6 nitrogen and oxygen atoms in total. The molecule has 0 saturated heterocycles. The third-order valence-electron chi connectivity index (χ3n) is 1.35. The van der Waals surface area contributed by atoms with Gasteiger partial charge in [-0.3, -0.25) is 0 Å². The summed E-state index contributed by atoms with van der Waals surface area (Å²) in [5, 5.41) is 4.75. The summed E-state index contributed by atoms with van der Waals surface area (Å²) in [6.45, 7) is 0. The van der Waals surface area contributed by atoms with E-state index in [0.717, 1.165) is 12.1 Å². The Morgan fingerprint density at radius 3 is 2.13 bits per heavy atom. The average molecular weight is 255 g/mol. The summed E-state index contributed by atoms with van der Waals surface area (Å²) < 4.78 is 58.1. The van der Waals surface area contributed by atoms with E-state index in [1.165, 1.54) is 12.1 Å². The van der Waals surface area contributed by atoms with Crippen LogP contribution in [-0.4, -0.2) is 16.8 Å². The molecule has 9 heteroatoms. The first kappa shape index (κ1) is 11.9. The van der Waals surface area contributed by atoms with Crippen molar-refractivity contribution < 1.29 is 24.9 Å². The Kier molecular flexibility index (Phi) is 2.98. The van der Waals surface area contributed by atoms with E-state index in [2.05, 4.69) is 4.18 Å². The first-order chi connectivity index (χ1) is 6.70. The quantitative estimate of drug-likeness (QED) is 0.761. The zero-order valence-electron chi connectivity index (χ0n) is 7.12. The van der Waals surface area contributed by atoms with E-state index < -0.39 is 31.2 Å². The van der Waals surface area contributed by atoms with Gasteiger partial charge in [-0.1, -0.05) is 16.0 Å². The van der Waals surface area contributed by atoms with Crippen molar-refractivity contribution in [3.05, 3.63) is 24.3 Å². The minimum absolute atomic E-state index is 0.605. The van der Waals surface area contributed by atoms with Crippen LogP contribution in [0.15, 0.2) is 29.2 Å². The summed E-state index contributed by atoms with van der Waals surface area (Å²) in [7, 11) is -9.44. The largest absolute Gasteiger partial charge is 0.488 e. The molecule has 0 bridgehead atoms. The van der Waals surface area contributed by atoms with Crippen molar-refractivity contribution in [1.82, 2.24) is 0 Å². The van der Waals surface area contributed by atoms with Gasteiger partial charge in [-0.05, 0) is 12.1 Å². The number of para-hydroxylation sites is 1. The number of rotatable bonds is 3. The lowest BCUT2D eigenvalue weighted by molar-refractivity contribution is 0.434. The molecule has 0 heterocycles. The zero-order chi connectivity index (χ0) is 11.7. The molecular formula is C6H6FNO5S2. The van der Waals surface area contributed by atoms with Gasteiger partial charge in [-0.15, -0.1) is 0 Å². The van der Waals surface area contributed by atoms with Crippen LogP contribution in [0.3, 0.4) is 0 Å². The molecule has 0 fully saturated rings. The van der Waals surface area contributed by atoms with Crippen molar-refractivity contribution in [3.8, 4) is 5.75 Å². The maximum absolute atomic E-state index is 12.2. The van der Waals surface area contributed by atoms with E-state index in [4.69, 9.17) is 5.14 Å². The monoisotopic (exact) mass is 255 g/mol. The Hall–Kier alpha value is -1.19. The molecule has 0 atom stereocenters. The fraction of sp³-hybridized carbons (Fsp3) is 0. The molecule has 0 spiro atoms. The molecule has 0 aliphatic carbocycles. The average Bonchev–Trinajstić information content (AvgIpc) is 1.99. The third kappa shape index (κ3) is 3.46. The number of sulfonamides is 1. The molecule has 84 valence electrons. The summed E-state index contributed by atoms with van der Waals surface area (Å²) in [5.41, 5.74) is 0. The molecule has 0 aromatic heterocycles. The van der Waals surface area contributed by atoms with Crippen LogP contribution in [0, 0.1) is 0 Å². The van der Waals surface area contributed by atoms with E-state index in [1.807, 2.05) is 0 Å². The lowest BCUT2D eigenvalue weighted by Crippen LogP contribution is -2.14. The van der Waals surface area contributed by atoms with Crippen molar-refractivity contribution in [2.24, 2.45) is 5.14 Å². The van der Waals surface area contributed by atoms with Crippen LogP contribution in [-0.2, 0) is 20.5 Å². The Morgan fingerprint density at radius 1 is 1.13 bits per heavy atom. The first-order valence-corrected chi connectivity index (χ1v) is 6.31. The maximum atomic E-state index is 12.2. The van der Waals surface area contributed by atoms with Gasteiger partial charge in [0.1, 0.15) is 4.90 Å². The Morgan fingerprint density at radius 2 is 1.67 bits per heavy atom. The number of benzene rings is 1. The molecule has 0 aliphatic heterocycles. The summed E-state index contributed by atoms with van der Waals surface area (Å²) >= 11 is 0. The molecule has 1 aromatic carbocycles. The summed E-state index contributed by atoms with van der Waals surface area (Å²) in [6, 6.07) is 4.53. The first-order valence-electron chi connectivity index (χ1n) is 3.46. The van der Waals surface area contributed by atoms with E-state index in [-0.39, 0.29) is 0 Å². The van der Waals surface area contributed by atoms with E-state index in [9.17, 15) is 20.7 Å². The predicted molar refractivity (Wildman–Crippen MR) is 48.5 cm³/mol. The number of hydrogen-bond acceptors (Lipinski definition) is 5. The van der Waals surface area contributed by atoms with Crippen molar-refractivity contribution in [2.45, 2.75) is 4.90 Å². The number of hydrogen-bond donors (Lipinski definition) is 1. The molecule has 2 N–H and O–H groups in total. The zero-order valence-corrected chi connectivity index (χ0v) is 8.76. The smallest absolute Gasteiger partial charge is 0.357 e. The van der Waals surface area contributed by atoms with Crippen LogP contribution >= 0.6 is 0 Å². The number of halogens is 1. The van der Waals surface area contributed by atoms with Crippen LogP contribution in [0.2, 0.25) is 0 Å². The van der Waals surface area contributed by atoms with Crippen LogP contribution in [0.4, 0.5) is 3.89 Å². The highest BCUT2D eigenvalue weighted by molar-refractivity contribution is 7.89. The molecule has 1 aromatic rings. The molecule has 0 saturated carbocycles. The van der Waals surface area contributed by atoms with Gasteiger partial charge in [0.15, 0.2) is 5.75 Å². The van der Waals surface area contributed by atoms with Gasteiger partial charge < -0.3 is 4.18 Å². The van der Waals surface area contributed by atoms with Crippen molar-refractivity contribution in [3.63, 3.8) is 0 Å². The van der Waals surface area contributed by atoms with Gasteiger partial charge in [0.25, 0.3) is 0 Å². The highest BCUT2D eigenvalue weighted by Gasteiger charge is 2.19. The summed E-state index contributed by atoms with van der Waals surface area (Å²) in [5.74, 6) is -0.678. The molecule has 0 amide bonds. The molecule has 0 aliphatic rings. The molecular weight excluding hydrogens is 249 g/mol. The summed E-state index contributed by atoms with van der Waals surface area (Å²) in [6.07, 6.45) is 0. The second-order valence-corrected chi connectivity index (χ2v) is 4.95. The topological polar surface area (TPSA) is 104 Å². The van der Waals surface area contributed by atoms with Crippen molar-refractivity contribution >= 4 is 20.5 Å². The summed E-state index contributed by atoms with van der Waals surface area (Å²) in [4.78, 5) is -0.605. The van der Waals surface area contributed by atoms with Gasteiger partial charge in [0, 0.05) is 0 Å². The Balaban J connectivity index is 3.32. The number of primary sulfonamides is 1. The minimum Gasteiger partial charge on any atom is -0.357 e. The second-order valence-electron chi connectivity index (χ2n) is 2.47. The van der Waals surface area contributed by atoms with Crippen LogP contribution in [0.5, 0.6) is 5.75 Å². The van der Waals surface area contributed by atoms with Crippen LogP contribution in [0.1, 0.15) is 0 Å². The van der Waals surface area contributed by atoms with Gasteiger partial charge in [-0.2, -0.15) is 8.42 Å². The molecule has 15 heavy (non-hydrogen) atoms. The minimum atomic E-state index is -5.28. The standard InChI is InChI=1S/C6H6FNO5S2/c7-15(11,12)13-5-3-1-2-4-6(5)14(8,9)10/h1-4H,(H2,8,9,10). The second kappa shape index (κ2) is 3.76. The number of nitrogens with two attached hydrogens (primary N) is 1. The molecule has 1 rings (SSSR count). The van der Waals surface area contributed by atoms with Gasteiger partial charge >= 0.3 is 10.5 Å². The SMILES string of the molecule is NS(=O)(=O)c1ccccc1OS(=O)(=O)F. The van der Waals surface area contributed by atoms with Crippen LogP contribution in [0.25, 0.3) is 0 Å². The van der Waals surface area contributed by atoms with E-state index in [0.29, 0.717) is 0 Å². The van der Waals surface area contributed by atoms with Crippen molar-refractivity contribution in [2.75, 3.05) is 0 Å². The van der Waals surface area contributed by atoms with Crippen molar-refractivity contribution in [1.29, 1.82) is 0 Å². The fourth-order valence-corrected chi connectivity index (χ4v) is 1.93. The normalized spacial score (nSPS) is 12.4. The highest BCUT2D eigenvalue weighted by Crippen LogP contribution is 2.23. The fourth-order valence-electron chi connectivity index (χ4n) is 0.861. The lowest BCUT2D eigenvalue weighted by atomic mass is 10.3. The third-order valence-corrected chi connectivity index (χ3v) is 2.67. The molecule has 0 radical (unpaired) electrons. The molecule has 0 unspecified atom stereocenters. The predicted octanol–water partition coefficient (Wildman–Crippen LogP) is -0.0729. The Labute approximate surface area is 85.9 Å².